The second kappa shape index (κ2) is 8.20. The van der Waals surface area contributed by atoms with Crippen molar-refractivity contribution in [1.82, 2.24) is 5.43 Å². The molecule has 5 heteroatoms. The van der Waals surface area contributed by atoms with Crippen LogP contribution in [-0.2, 0) is 11.2 Å². The normalized spacial score (nSPS) is 20.9. The lowest BCUT2D eigenvalue weighted by Crippen LogP contribution is -2.37. The number of rotatable bonds is 6. The summed E-state index contributed by atoms with van der Waals surface area (Å²) in [6.07, 6.45) is 6.94. The van der Waals surface area contributed by atoms with Gasteiger partial charge in [0.05, 0.1) is 16.1 Å². The number of nitrogens with one attached hydrogen (secondary N) is 1. The molecular weight excluding hydrogens is 295 g/mol. The van der Waals surface area contributed by atoms with E-state index in [0.29, 0.717) is 16.1 Å². The highest BCUT2D eigenvalue weighted by atomic mass is 35.5. The standard InChI is InChI=1S/C15H22Cl2N2O/c16-14-7-4-11(10-15(14)17)9-12(19-18)5-6-13-3-1-2-8-20-13/h4,7,10,12-13,19H,1-3,5-6,8-9,18H2. The van der Waals surface area contributed by atoms with Gasteiger partial charge in [-0.3, -0.25) is 11.3 Å². The van der Waals surface area contributed by atoms with Crippen molar-refractivity contribution in [3.8, 4) is 0 Å². The van der Waals surface area contributed by atoms with E-state index >= 15 is 0 Å². The Bertz CT molecular complexity index is 422. The van der Waals surface area contributed by atoms with Gasteiger partial charge in [0.1, 0.15) is 0 Å². The van der Waals surface area contributed by atoms with E-state index in [4.69, 9.17) is 33.8 Å². The van der Waals surface area contributed by atoms with Crippen molar-refractivity contribution in [2.75, 3.05) is 6.61 Å². The molecule has 2 atom stereocenters. The van der Waals surface area contributed by atoms with E-state index < -0.39 is 0 Å². The van der Waals surface area contributed by atoms with E-state index in [1.54, 1.807) is 0 Å². The molecule has 1 aromatic rings. The molecule has 3 nitrogen and oxygen atoms in total. The maximum Gasteiger partial charge on any atom is 0.0595 e. The Morgan fingerprint density at radius 2 is 2.15 bits per heavy atom. The molecule has 1 saturated heterocycles. The maximum atomic E-state index is 6.04. The van der Waals surface area contributed by atoms with Crippen LogP contribution in [0.3, 0.4) is 0 Å². The second-order valence-electron chi connectivity index (χ2n) is 5.38. The summed E-state index contributed by atoms with van der Waals surface area (Å²) in [6, 6.07) is 5.97. The molecule has 0 saturated carbocycles. The molecule has 1 fully saturated rings. The predicted octanol–water partition coefficient (Wildman–Crippen LogP) is 3.72. The van der Waals surface area contributed by atoms with E-state index in [1.807, 2.05) is 18.2 Å². The molecule has 20 heavy (non-hydrogen) atoms. The van der Waals surface area contributed by atoms with Crippen molar-refractivity contribution >= 4 is 23.2 Å². The minimum Gasteiger partial charge on any atom is -0.378 e. The molecule has 1 aromatic carbocycles. The first-order chi connectivity index (χ1) is 9.69. The summed E-state index contributed by atoms with van der Waals surface area (Å²) in [5, 5.41) is 1.18. The lowest BCUT2D eigenvalue weighted by atomic mass is 9.98. The number of nitrogens with two attached hydrogens (primary N) is 1. The van der Waals surface area contributed by atoms with Gasteiger partial charge in [0.2, 0.25) is 0 Å². The third kappa shape index (κ3) is 4.90. The molecular formula is C15H22Cl2N2O. The van der Waals surface area contributed by atoms with Crippen LogP contribution in [0, 0.1) is 0 Å². The molecule has 1 aliphatic heterocycles. The van der Waals surface area contributed by atoms with Crippen LogP contribution in [0.5, 0.6) is 0 Å². The highest BCUT2D eigenvalue weighted by molar-refractivity contribution is 6.42. The first-order valence-electron chi connectivity index (χ1n) is 7.20. The fourth-order valence-electron chi connectivity index (χ4n) is 2.62. The van der Waals surface area contributed by atoms with Gasteiger partial charge in [-0.25, -0.2) is 0 Å². The van der Waals surface area contributed by atoms with Crippen molar-refractivity contribution < 1.29 is 4.74 Å². The van der Waals surface area contributed by atoms with Gasteiger partial charge >= 0.3 is 0 Å². The van der Waals surface area contributed by atoms with Crippen LogP contribution in [-0.4, -0.2) is 18.8 Å². The average Bonchev–Trinajstić information content (AvgIpc) is 2.48. The summed E-state index contributed by atoms with van der Waals surface area (Å²) >= 11 is 12.0. The van der Waals surface area contributed by atoms with Gasteiger partial charge in [0.25, 0.3) is 0 Å². The van der Waals surface area contributed by atoms with Crippen LogP contribution in [0.1, 0.15) is 37.7 Å². The summed E-state index contributed by atoms with van der Waals surface area (Å²) in [6.45, 7) is 0.901. The van der Waals surface area contributed by atoms with E-state index in [2.05, 4.69) is 5.43 Å². The fraction of sp³-hybridized carbons (Fsp3) is 0.600. The molecule has 0 spiro atoms. The van der Waals surface area contributed by atoms with Crippen molar-refractivity contribution in [3.63, 3.8) is 0 Å². The summed E-state index contributed by atoms with van der Waals surface area (Å²) < 4.78 is 5.75. The Morgan fingerprint density at radius 1 is 1.30 bits per heavy atom. The maximum absolute atomic E-state index is 6.04. The zero-order valence-electron chi connectivity index (χ0n) is 11.6. The number of benzene rings is 1. The lowest BCUT2D eigenvalue weighted by molar-refractivity contribution is 0.00858. The Hall–Kier alpha value is -0.320. The fourth-order valence-corrected chi connectivity index (χ4v) is 2.94. The first kappa shape index (κ1) is 16.1. The van der Waals surface area contributed by atoms with Crippen LogP contribution in [0.2, 0.25) is 10.0 Å². The van der Waals surface area contributed by atoms with E-state index in [9.17, 15) is 0 Å². The molecule has 3 N–H and O–H groups in total. The Labute approximate surface area is 130 Å². The van der Waals surface area contributed by atoms with Crippen molar-refractivity contribution in [2.45, 2.75) is 50.7 Å². The quantitative estimate of drug-likeness (QED) is 0.621. The number of hydrogen-bond donors (Lipinski definition) is 2. The molecule has 2 unspecified atom stereocenters. The summed E-state index contributed by atoms with van der Waals surface area (Å²) in [4.78, 5) is 0. The number of hydrazine groups is 1. The molecule has 112 valence electrons. The highest BCUT2D eigenvalue weighted by Crippen LogP contribution is 2.24. The Balaban J connectivity index is 1.83. The molecule has 0 aliphatic carbocycles. The van der Waals surface area contributed by atoms with E-state index in [1.165, 1.54) is 19.3 Å². The van der Waals surface area contributed by atoms with Gasteiger partial charge in [0, 0.05) is 12.6 Å². The molecule has 0 bridgehead atoms. The van der Waals surface area contributed by atoms with Gasteiger partial charge in [-0.2, -0.15) is 0 Å². The largest absolute Gasteiger partial charge is 0.378 e. The van der Waals surface area contributed by atoms with E-state index in [-0.39, 0.29) is 6.04 Å². The third-order valence-corrected chi connectivity index (χ3v) is 4.55. The summed E-state index contributed by atoms with van der Waals surface area (Å²) in [7, 11) is 0. The average molecular weight is 317 g/mol. The molecule has 1 aliphatic rings. The van der Waals surface area contributed by atoms with Crippen LogP contribution in [0.25, 0.3) is 0 Å². The molecule has 1 heterocycles. The molecule has 0 aromatic heterocycles. The zero-order valence-corrected chi connectivity index (χ0v) is 13.1. The monoisotopic (exact) mass is 316 g/mol. The number of halogens is 2. The number of hydrogen-bond acceptors (Lipinski definition) is 3. The summed E-state index contributed by atoms with van der Waals surface area (Å²) in [5.41, 5.74) is 4.04. The van der Waals surface area contributed by atoms with E-state index in [0.717, 1.165) is 31.4 Å². The molecule has 0 radical (unpaired) electrons. The SMILES string of the molecule is NNC(CCC1CCCCO1)Cc1ccc(Cl)c(Cl)c1. The minimum atomic E-state index is 0.234. The topological polar surface area (TPSA) is 47.3 Å². The van der Waals surface area contributed by atoms with Gasteiger partial charge in [-0.15, -0.1) is 0 Å². The van der Waals surface area contributed by atoms with Crippen molar-refractivity contribution in [2.24, 2.45) is 5.84 Å². The second-order valence-corrected chi connectivity index (χ2v) is 6.20. The predicted molar refractivity (Wildman–Crippen MR) is 84.1 cm³/mol. The van der Waals surface area contributed by atoms with Gasteiger partial charge in [-0.1, -0.05) is 29.3 Å². The van der Waals surface area contributed by atoms with Gasteiger partial charge in [-0.05, 0) is 56.2 Å². The first-order valence-corrected chi connectivity index (χ1v) is 7.96. The van der Waals surface area contributed by atoms with Crippen LogP contribution >= 0.6 is 23.2 Å². The van der Waals surface area contributed by atoms with Crippen molar-refractivity contribution in [1.29, 1.82) is 0 Å². The smallest absolute Gasteiger partial charge is 0.0595 e. The Morgan fingerprint density at radius 3 is 2.80 bits per heavy atom. The van der Waals surface area contributed by atoms with Gasteiger partial charge in [0.15, 0.2) is 0 Å². The molecule has 0 amide bonds. The van der Waals surface area contributed by atoms with Crippen LogP contribution in [0.4, 0.5) is 0 Å². The van der Waals surface area contributed by atoms with Crippen LogP contribution in [0.15, 0.2) is 18.2 Å². The Kier molecular flexibility index (Phi) is 6.59. The summed E-state index contributed by atoms with van der Waals surface area (Å²) in [5.74, 6) is 5.65. The third-order valence-electron chi connectivity index (χ3n) is 3.81. The van der Waals surface area contributed by atoms with Gasteiger partial charge < -0.3 is 4.74 Å². The van der Waals surface area contributed by atoms with Crippen LogP contribution < -0.4 is 11.3 Å². The number of ether oxygens (including phenoxy) is 1. The zero-order chi connectivity index (χ0) is 14.4. The minimum absolute atomic E-state index is 0.234. The lowest BCUT2D eigenvalue weighted by Gasteiger charge is -2.24. The molecule has 2 rings (SSSR count). The highest BCUT2D eigenvalue weighted by Gasteiger charge is 2.16. The van der Waals surface area contributed by atoms with Crippen molar-refractivity contribution in [3.05, 3.63) is 33.8 Å².